The van der Waals surface area contributed by atoms with Gasteiger partial charge in [-0.1, -0.05) is 30.3 Å². The Morgan fingerprint density at radius 2 is 2.00 bits per heavy atom. The number of carbonyl (C=O) groups excluding carboxylic acids is 1. The van der Waals surface area contributed by atoms with Crippen molar-refractivity contribution in [2.75, 3.05) is 18.0 Å². The minimum atomic E-state index is -0.187. The van der Waals surface area contributed by atoms with Gasteiger partial charge in [-0.2, -0.15) is 0 Å². The quantitative estimate of drug-likeness (QED) is 0.561. The normalized spacial score (nSPS) is 16.4. The summed E-state index contributed by atoms with van der Waals surface area (Å²) in [7, 11) is 0. The topological polar surface area (TPSA) is 91.2 Å². The summed E-state index contributed by atoms with van der Waals surface area (Å²) < 4.78 is 1.84. The lowest BCUT2D eigenvalue weighted by molar-refractivity contribution is 0.0931. The largest absolute Gasteiger partial charge is 0.353 e. The molecule has 8 nitrogen and oxygen atoms in total. The van der Waals surface area contributed by atoms with Crippen molar-refractivity contribution >= 4 is 17.4 Å². The monoisotopic (exact) mass is 387 g/mol. The predicted octanol–water partition coefficient (Wildman–Crippen LogP) is 2.44. The first kappa shape index (κ1) is 17.4. The molecule has 1 aromatic carbocycles. The van der Waals surface area contributed by atoms with Crippen LogP contribution in [0.2, 0.25) is 0 Å². The zero-order valence-corrected chi connectivity index (χ0v) is 16.0. The molecule has 0 radical (unpaired) electrons. The predicted molar refractivity (Wildman–Crippen MR) is 110 cm³/mol. The summed E-state index contributed by atoms with van der Waals surface area (Å²) in [4.78, 5) is 26.5. The van der Waals surface area contributed by atoms with Gasteiger partial charge in [0.25, 0.3) is 5.91 Å². The van der Waals surface area contributed by atoms with Crippen molar-refractivity contribution in [3.8, 4) is 11.3 Å². The maximum absolute atomic E-state index is 12.6. The molecule has 1 fully saturated rings. The van der Waals surface area contributed by atoms with Crippen molar-refractivity contribution in [3.05, 3.63) is 66.4 Å². The number of imidazole rings is 2. The van der Waals surface area contributed by atoms with Crippen LogP contribution in [0.15, 0.2) is 54.9 Å². The summed E-state index contributed by atoms with van der Waals surface area (Å²) in [5.74, 6) is 1.03. The Bertz CT molecular complexity index is 1160. The number of carbonyl (C=O) groups is 1. The molecular formula is C21H21N7O. The van der Waals surface area contributed by atoms with Gasteiger partial charge >= 0.3 is 0 Å². The molecule has 1 aliphatic rings. The van der Waals surface area contributed by atoms with Gasteiger partial charge in [0.05, 0.1) is 23.8 Å². The number of nitrogens with one attached hydrogen (secondary N) is 2. The Hall–Kier alpha value is -3.68. The van der Waals surface area contributed by atoms with E-state index in [4.69, 9.17) is 0 Å². The van der Waals surface area contributed by atoms with Crippen LogP contribution in [-0.2, 0) is 0 Å². The number of fused-ring (bicyclic) bond motifs is 1. The number of anilines is 1. The summed E-state index contributed by atoms with van der Waals surface area (Å²) in [6.45, 7) is 3.53. The second-order valence-electron chi connectivity index (χ2n) is 7.28. The van der Waals surface area contributed by atoms with Crippen molar-refractivity contribution < 1.29 is 4.79 Å². The molecule has 146 valence electrons. The molecule has 0 unspecified atom stereocenters. The molecule has 4 aromatic rings. The van der Waals surface area contributed by atoms with Crippen LogP contribution in [0.3, 0.4) is 0 Å². The first-order chi connectivity index (χ1) is 14.2. The van der Waals surface area contributed by atoms with Gasteiger partial charge in [0, 0.05) is 19.1 Å². The molecule has 3 aromatic heterocycles. The smallest absolute Gasteiger partial charge is 0.287 e. The van der Waals surface area contributed by atoms with Gasteiger partial charge in [-0.25, -0.2) is 14.5 Å². The van der Waals surface area contributed by atoms with Crippen molar-refractivity contribution in [1.82, 2.24) is 29.9 Å². The molecule has 8 heteroatoms. The molecule has 29 heavy (non-hydrogen) atoms. The fraction of sp³-hybridized carbons (Fsp3) is 0.238. The summed E-state index contributed by atoms with van der Waals surface area (Å²) >= 11 is 0. The summed E-state index contributed by atoms with van der Waals surface area (Å²) in [6, 6.07) is 13.8. The highest BCUT2D eigenvalue weighted by Crippen LogP contribution is 2.20. The van der Waals surface area contributed by atoms with E-state index in [2.05, 4.69) is 30.3 Å². The molecule has 0 saturated carbocycles. The Kier molecular flexibility index (Phi) is 4.23. The molecular weight excluding hydrogens is 366 g/mol. The van der Waals surface area contributed by atoms with Crippen LogP contribution < -0.4 is 10.2 Å². The Morgan fingerprint density at radius 1 is 1.14 bits per heavy atom. The Morgan fingerprint density at radius 3 is 2.86 bits per heavy atom. The lowest BCUT2D eigenvalue weighted by atomic mass is 10.2. The van der Waals surface area contributed by atoms with E-state index < -0.39 is 0 Å². The third kappa shape index (κ3) is 3.33. The van der Waals surface area contributed by atoms with Gasteiger partial charge in [0.2, 0.25) is 0 Å². The van der Waals surface area contributed by atoms with Crippen molar-refractivity contribution in [2.24, 2.45) is 0 Å². The Labute approximate surface area is 167 Å². The molecule has 5 rings (SSSR count). The highest BCUT2D eigenvalue weighted by Gasteiger charge is 2.26. The van der Waals surface area contributed by atoms with E-state index in [0.717, 1.165) is 41.4 Å². The summed E-state index contributed by atoms with van der Waals surface area (Å²) in [5.41, 5.74) is 3.67. The second kappa shape index (κ2) is 7.05. The molecule has 4 heterocycles. The zero-order chi connectivity index (χ0) is 19.8. The molecule has 1 aliphatic heterocycles. The average molecular weight is 387 g/mol. The zero-order valence-electron chi connectivity index (χ0n) is 16.0. The highest BCUT2D eigenvalue weighted by molar-refractivity contribution is 5.91. The first-order valence-electron chi connectivity index (χ1n) is 9.65. The Balaban J connectivity index is 1.25. The van der Waals surface area contributed by atoms with Crippen LogP contribution in [0.4, 0.5) is 5.82 Å². The number of rotatable bonds is 4. The molecule has 2 N–H and O–H groups in total. The number of aromatic amines is 1. The number of aryl methyl sites for hydroxylation is 1. The van der Waals surface area contributed by atoms with E-state index in [1.807, 2.05) is 60.1 Å². The maximum Gasteiger partial charge on any atom is 0.287 e. The standard InChI is InChI=1S/C21H21N7O/c1-14-11-22-18-7-8-19(26-28(14)18)27-10-9-16(13-27)24-21(29)20-23-12-17(25-20)15-5-3-2-4-6-15/h2-8,11-12,16H,9-10,13H2,1H3,(H,23,25)(H,24,29)/t16-/m0/s1. The van der Waals surface area contributed by atoms with Gasteiger partial charge in [0.15, 0.2) is 11.5 Å². The van der Waals surface area contributed by atoms with Gasteiger partial charge < -0.3 is 15.2 Å². The van der Waals surface area contributed by atoms with Gasteiger partial charge in [-0.15, -0.1) is 5.10 Å². The fourth-order valence-corrected chi connectivity index (χ4v) is 3.69. The van der Waals surface area contributed by atoms with Crippen LogP contribution >= 0.6 is 0 Å². The third-order valence-electron chi connectivity index (χ3n) is 5.24. The number of aromatic nitrogens is 5. The number of H-pyrrole nitrogens is 1. The van der Waals surface area contributed by atoms with E-state index in [9.17, 15) is 4.79 Å². The van der Waals surface area contributed by atoms with Gasteiger partial charge in [-0.05, 0) is 31.0 Å². The first-order valence-corrected chi connectivity index (χ1v) is 9.65. The van der Waals surface area contributed by atoms with Crippen molar-refractivity contribution in [1.29, 1.82) is 0 Å². The number of benzene rings is 1. The van der Waals surface area contributed by atoms with Crippen LogP contribution in [-0.4, -0.2) is 49.6 Å². The molecule has 0 bridgehead atoms. The SMILES string of the molecule is Cc1cnc2ccc(N3CC[C@H](NC(=O)c4ncc(-c5ccccc5)[nH]4)C3)nn12. The lowest BCUT2D eigenvalue weighted by Gasteiger charge is -2.17. The van der Waals surface area contributed by atoms with Crippen LogP contribution in [0.1, 0.15) is 22.7 Å². The number of amides is 1. The lowest BCUT2D eigenvalue weighted by Crippen LogP contribution is -2.37. The van der Waals surface area contributed by atoms with E-state index in [-0.39, 0.29) is 11.9 Å². The maximum atomic E-state index is 12.6. The number of hydrogen-bond acceptors (Lipinski definition) is 5. The minimum absolute atomic E-state index is 0.0501. The van der Waals surface area contributed by atoms with E-state index in [1.165, 1.54) is 0 Å². The van der Waals surface area contributed by atoms with E-state index in [0.29, 0.717) is 12.4 Å². The average Bonchev–Trinajstić information content (AvgIpc) is 3.49. The minimum Gasteiger partial charge on any atom is -0.353 e. The summed E-state index contributed by atoms with van der Waals surface area (Å²) in [5, 5.41) is 7.76. The molecule has 1 saturated heterocycles. The molecule has 0 spiro atoms. The fourth-order valence-electron chi connectivity index (χ4n) is 3.69. The van der Waals surface area contributed by atoms with E-state index in [1.54, 1.807) is 6.20 Å². The van der Waals surface area contributed by atoms with Crippen LogP contribution in [0, 0.1) is 6.92 Å². The van der Waals surface area contributed by atoms with E-state index >= 15 is 0 Å². The third-order valence-corrected chi connectivity index (χ3v) is 5.24. The molecule has 0 aliphatic carbocycles. The number of nitrogens with zero attached hydrogens (tertiary/aromatic N) is 5. The van der Waals surface area contributed by atoms with Crippen molar-refractivity contribution in [2.45, 2.75) is 19.4 Å². The summed E-state index contributed by atoms with van der Waals surface area (Å²) in [6.07, 6.45) is 4.37. The second-order valence-corrected chi connectivity index (χ2v) is 7.28. The number of hydrogen-bond donors (Lipinski definition) is 2. The molecule has 1 amide bonds. The van der Waals surface area contributed by atoms with Crippen molar-refractivity contribution in [3.63, 3.8) is 0 Å². The molecule has 1 atom stereocenters. The van der Waals surface area contributed by atoms with Gasteiger partial charge in [0.1, 0.15) is 5.82 Å². The van der Waals surface area contributed by atoms with Gasteiger partial charge in [-0.3, -0.25) is 4.79 Å². The van der Waals surface area contributed by atoms with Crippen LogP contribution in [0.5, 0.6) is 0 Å². The van der Waals surface area contributed by atoms with Crippen LogP contribution in [0.25, 0.3) is 16.9 Å². The highest BCUT2D eigenvalue weighted by atomic mass is 16.2.